The standard InChI is InChI=1S/C45H30O/c1-29-19-22-40-41(25-29)45(39-18-9-8-17-38(39)44(40)31-13-6-3-7-14-31)35-21-24-37-36-23-20-34(27-42(36)46-43(37)28-35)33-16-10-15-32(26-33)30-11-4-2-5-12-30/h2-28H,1H3/i2D,3D,4D,5D,6D,7D,8D,9D,10D,11D,12D,13D,14D,15D,16D,17D,18D,19D,20D,21D,22D,23D,24D,25D,26D,27D,28D. The van der Waals surface area contributed by atoms with Crippen LogP contribution < -0.4 is 0 Å². The molecule has 216 valence electrons. The molecule has 0 aliphatic carbocycles. The summed E-state index contributed by atoms with van der Waals surface area (Å²) in [7, 11) is 0. The highest BCUT2D eigenvalue weighted by atomic mass is 16.3. The second kappa shape index (κ2) is 10.6. The molecule has 0 fully saturated rings. The summed E-state index contributed by atoms with van der Waals surface area (Å²) in [5, 5.41) is -3.31. The zero-order chi connectivity index (χ0) is 54.1. The Bertz CT molecular complexity index is 3980. The lowest BCUT2D eigenvalue weighted by atomic mass is 9.85. The summed E-state index contributed by atoms with van der Waals surface area (Å²) in [6.45, 7) is 1.27. The third-order valence-electron chi connectivity index (χ3n) is 7.26. The zero-order valence-electron chi connectivity index (χ0n) is 50.4. The third kappa shape index (κ3) is 4.32. The van der Waals surface area contributed by atoms with Crippen molar-refractivity contribution in [2.75, 3.05) is 0 Å². The van der Waals surface area contributed by atoms with E-state index in [4.69, 9.17) is 26.3 Å². The molecule has 0 aliphatic heterocycles. The van der Waals surface area contributed by atoms with Gasteiger partial charge in [-0.2, -0.15) is 0 Å². The van der Waals surface area contributed by atoms with Crippen molar-refractivity contribution in [1.82, 2.24) is 0 Å². The van der Waals surface area contributed by atoms with E-state index in [1.165, 1.54) is 6.92 Å². The van der Waals surface area contributed by atoms with Crippen molar-refractivity contribution >= 4 is 43.5 Å². The van der Waals surface area contributed by atoms with E-state index in [1.807, 2.05) is 0 Å². The van der Waals surface area contributed by atoms with Crippen LogP contribution in [0.3, 0.4) is 0 Å². The summed E-state index contributed by atoms with van der Waals surface area (Å²) in [6, 6.07) is -23.4. The predicted molar refractivity (Wildman–Crippen MR) is 195 cm³/mol. The molecule has 1 heterocycles. The first-order chi connectivity index (χ1) is 34.0. The third-order valence-corrected chi connectivity index (χ3v) is 7.26. The number of fused-ring (bicyclic) bond motifs is 5. The number of hydrogen-bond donors (Lipinski definition) is 0. The Labute approximate surface area is 305 Å². The fraction of sp³-hybridized carbons (Fsp3) is 0.0222. The number of hydrogen-bond acceptors (Lipinski definition) is 1. The average molecular weight is 614 g/mol. The minimum Gasteiger partial charge on any atom is -0.456 e. The van der Waals surface area contributed by atoms with Crippen molar-refractivity contribution < 1.29 is 41.4 Å². The molecule has 0 radical (unpaired) electrons. The molecule has 0 bridgehead atoms. The highest BCUT2D eigenvalue weighted by Crippen LogP contribution is 2.45. The second-order valence-corrected chi connectivity index (χ2v) is 10.0. The lowest BCUT2D eigenvalue weighted by molar-refractivity contribution is 0.669. The molecular weight excluding hydrogens is 556 g/mol. The molecule has 0 N–H and O–H groups in total. The van der Waals surface area contributed by atoms with E-state index in [0.717, 1.165) is 0 Å². The summed E-state index contributed by atoms with van der Waals surface area (Å²) in [4.78, 5) is 0. The van der Waals surface area contributed by atoms with Gasteiger partial charge >= 0.3 is 0 Å². The van der Waals surface area contributed by atoms with Crippen LogP contribution in [0.1, 0.15) is 42.6 Å². The normalized spacial score (nSPS) is 19.8. The summed E-state index contributed by atoms with van der Waals surface area (Å²) in [5.41, 5.74) is -7.06. The number of benzene rings is 8. The van der Waals surface area contributed by atoms with Crippen LogP contribution in [-0.4, -0.2) is 0 Å². The fourth-order valence-corrected chi connectivity index (χ4v) is 5.29. The highest BCUT2D eigenvalue weighted by molar-refractivity contribution is 6.22. The highest BCUT2D eigenvalue weighted by Gasteiger charge is 2.18. The Kier molecular flexibility index (Phi) is 2.50. The van der Waals surface area contributed by atoms with Gasteiger partial charge in [0.05, 0.1) is 37.0 Å². The molecule has 0 aliphatic rings. The first-order valence-electron chi connectivity index (χ1n) is 27.2. The van der Waals surface area contributed by atoms with Crippen molar-refractivity contribution in [3.05, 3.63) is 169 Å². The van der Waals surface area contributed by atoms with Gasteiger partial charge in [0, 0.05) is 10.8 Å². The molecule has 0 amide bonds. The molecule has 0 unspecified atom stereocenters. The maximum absolute atomic E-state index is 9.73. The molecule has 0 atom stereocenters. The molecule has 1 nitrogen and oxygen atoms in total. The van der Waals surface area contributed by atoms with Crippen molar-refractivity contribution in [2.24, 2.45) is 0 Å². The van der Waals surface area contributed by atoms with E-state index in [0.29, 0.717) is 0 Å². The van der Waals surface area contributed by atoms with Gasteiger partial charge in [0.2, 0.25) is 0 Å². The van der Waals surface area contributed by atoms with Gasteiger partial charge in [-0.3, -0.25) is 0 Å². The Morgan fingerprint density at radius 1 is 0.348 bits per heavy atom. The van der Waals surface area contributed by atoms with Gasteiger partial charge < -0.3 is 4.42 Å². The quantitative estimate of drug-likeness (QED) is 0.180. The average Bonchev–Trinajstić information content (AvgIpc) is 3.77. The summed E-state index contributed by atoms with van der Waals surface area (Å²) >= 11 is 0. The fourth-order valence-electron chi connectivity index (χ4n) is 5.29. The van der Waals surface area contributed by atoms with Crippen LogP contribution in [0.5, 0.6) is 0 Å². The topological polar surface area (TPSA) is 13.1 Å². The first-order valence-corrected chi connectivity index (χ1v) is 13.7. The molecule has 46 heavy (non-hydrogen) atoms. The first kappa shape index (κ1) is 10.9. The molecule has 0 saturated carbocycles. The summed E-state index contributed by atoms with van der Waals surface area (Å²) < 4.78 is 246. The SMILES string of the molecule is [2H]c1c([2H])c([2H])c(-c2c([2H])c([2H])c([2H])c(-c3c([2H])c([2H])c4c(oc5c([2H])c(-c6c7c([2H])c([2H])c([2H])c([2H])c7c(-c7c([2H])c([2H])c([2H])c([2H])c7[2H])c7c([2H])c([2H])c(C)c([2H])c67)c([2H])c([2H])c54)c3[2H])c2[2H])c([2H])c1[2H]. The maximum atomic E-state index is 9.73. The zero-order valence-corrected chi connectivity index (χ0v) is 23.4. The molecule has 1 heteroatoms. The van der Waals surface area contributed by atoms with Gasteiger partial charge in [0.25, 0.3) is 0 Å². The van der Waals surface area contributed by atoms with Crippen LogP contribution in [0.2, 0.25) is 0 Å². The monoisotopic (exact) mass is 613 g/mol. The molecule has 8 aromatic carbocycles. The minimum atomic E-state index is -0.958. The van der Waals surface area contributed by atoms with Crippen molar-refractivity contribution in [1.29, 1.82) is 0 Å². The van der Waals surface area contributed by atoms with Crippen LogP contribution in [0.25, 0.3) is 88.0 Å². The number of furan rings is 1. The summed E-state index contributed by atoms with van der Waals surface area (Å²) in [6.07, 6.45) is 0. The van der Waals surface area contributed by atoms with Crippen LogP contribution in [-0.2, 0) is 0 Å². The Hall–Kier alpha value is -5.92. The van der Waals surface area contributed by atoms with E-state index >= 15 is 0 Å². The van der Waals surface area contributed by atoms with Gasteiger partial charge in [0.15, 0.2) is 0 Å². The van der Waals surface area contributed by atoms with E-state index in [-0.39, 0.29) is 5.56 Å². The molecule has 9 aromatic rings. The molecule has 0 spiro atoms. The molecule has 9 rings (SSSR count). The Balaban J connectivity index is 1.48. The largest absolute Gasteiger partial charge is 0.456 e. The van der Waals surface area contributed by atoms with Gasteiger partial charge in [-0.15, -0.1) is 0 Å². The van der Waals surface area contributed by atoms with Gasteiger partial charge in [-0.1, -0.05) is 138 Å². The molecule has 0 saturated heterocycles. The van der Waals surface area contributed by atoms with Crippen LogP contribution in [0.15, 0.2) is 168 Å². The predicted octanol–water partition coefficient (Wildman–Crippen LogP) is 12.9. The van der Waals surface area contributed by atoms with E-state index < -0.39 is 251 Å². The van der Waals surface area contributed by atoms with E-state index in [9.17, 15) is 15.1 Å². The van der Waals surface area contributed by atoms with Crippen LogP contribution in [0.4, 0.5) is 0 Å². The molecular formula is C45H30O. The van der Waals surface area contributed by atoms with Gasteiger partial charge in [0.1, 0.15) is 11.2 Å². The molecule has 1 aromatic heterocycles. The van der Waals surface area contributed by atoms with Crippen LogP contribution >= 0.6 is 0 Å². The second-order valence-electron chi connectivity index (χ2n) is 10.0. The minimum absolute atomic E-state index is 0.209. The van der Waals surface area contributed by atoms with Crippen molar-refractivity contribution in [3.63, 3.8) is 0 Å². The van der Waals surface area contributed by atoms with E-state index in [1.54, 1.807) is 0 Å². The Morgan fingerprint density at radius 2 is 0.826 bits per heavy atom. The van der Waals surface area contributed by atoms with Gasteiger partial charge in [-0.05, 0) is 103 Å². The van der Waals surface area contributed by atoms with E-state index in [2.05, 4.69) is 0 Å². The maximum Gasteiger partial charge on any atom is 0.136 e. The van der Waals surface area contributed by atoms with Crippen LogP contribution in [0, 0.1) is 6.92 Å². The lowest BCUT2D eigenvalue weighted by Gasteiger charge is -2.18. The Morgan fingerprint density at radius 3 is 1.52 bits per heavy atom. The number of rotatable bonds is 4. The van der Waals surface area contributed by atoms with Crippen molar-refractivity contribution in [3.8, 4) is 44.5 Å². The van der Waals surface area contributed by atoms with Gasteiger partial charge in [-0.25, -0.2) is 0 Å². The van der Waals surface area contributed by atoms with Crippen molar-refractivity contribution in [2.45, 2.75) is 6.92 Å². The lowest BCUT2D eigenvalue weighted by Crippen LogP contribution is -1.91. The summed E-state index contributed by atoms with van der Waals surface area (Å²) in [5.74, 6) is 0. The smallest absolute Gasteiger partial charge is 0.136 e.